The van der Waals surface area contributed by atoms with Gasteiger partial charge >= 0.3 is 0 Å². The Morgan fingerprint density at radius 1 is 1.35 bits per heavy atom. The number of rotatable bonds is 1. The SMILES string of the molecule is Fc1cc2c(cc1Br)[nH]c(=S)n2C1CC=CC1. The third kappa shape index (κ3) is 1.77. The highest BCUT2D eigenvalue weighted by atomic mass is 79.9. The molecule has 1 heterocycles. The summed E-state index contributed by atoms with van der Waals surface area (Å²) in [6.07, 6.45) is 6.19. The fourth-order valence-corrected chi connectivity index (χ4v) is 3.00. The molecule has 2 nitrogen and oxygen atoms in total. The second kappa shape index (κ2) is 4.07. The molecule has 0 bridgehead atoms. The normalized spacial score (nSPS) is 16.1. The first-order chi connectivity index (χ1) is 8.16. The fourth-order valence-electron chi connectivity index (χ4n) is 2.30. The van der Waals surface area contributed by atoms with Crippen LogP contribution in [0.3, 0.4) is 0 Å². The number of halogens is 2. The van der Waals surface area contributed by atoms with Gasteiger partial charge in [-0.15, -0.1) is 0 Å². The molecule has 0 spiro atoms. The Labute approximate surface area is 111 Å². The smallest absolute Gasteiger partial charge is 0.178 e. The van der Waals surface area contributed by atoms with Crippen LogP contribution in [0, 0.1) is 10.6 Å². The average Bonchev–Trinajstić information content (AvgIpc) is 2.86. The lowest BCUT2D eigenvalue weighted by atomic mass is 10.2. The van der Waals surface area contributed by atoms with E-state index in [9.17, 15) is 4.39 Å². The van der Waals surface area contributed by atoms with Crippen molar-refractivity contribution in [2.75, 3.05) is 0 Å². The van der Waals surface area contributed by atoms with Crippen LogP contribution in [0.4, 0.5) is 4.39 Å². The number of hydrogen-bond donors (Lipinski definition) is 1. The Balaban J connectivity index is 2.26. The van der Waals surface area contributed by atoms with Gasteiger partial charge in [-0.25, -0.2) is 4.39 Å². The van der Waals surface area contributed by atoms with E-state index in [4.69, 9.17) is 12.2 Å². The van der Waals surface area contributed by atoms with Gasteiger partial charge in [0.1, 0.15) is 5.82 Å². The van der Waals surface area contributed by atoms with Crippen molar-refractivity contribution >= 4 is 39.2 Å². The molecule has 1 aromatic carbocycles. The van der Waals surface area contributed by atoms with Crippen molar-refractivity contribution in [1.82, 2.24) is 9.55 Å². The third-order valence-corrected chi connectivity index (χ3v) is 4.01. The molecule has 5 heteroatoms. The lowest BCUT2D eigenvalue weighted by Gasteiger charge is -2.12. The second-order valence-electron chi connectivity index (χ2n) is 4.18. The van der Waals surface area contributed by atoms with Crippen LogP contribution in [0.2, 0.25) is 0 Å². The van der Waals surface area contributed by atoms with Crippen molar-refractivity contribution in [3.63, 3.8) is 0 Å². The number of aromatic amines is 1. The number of H-pyrrole nitrogens is 1. The molecular formula is C12H10BrFN2S. The largest absolute Gasteiger partial charge is 0.331 e. The maximum absolute atomic E-state index is 13.6. The number of benzene rings is 1. The lowest BCUT2D eigenvalue weighted by Crippen LogP contribution is -2.04. The predicted octanol–water partition coefficient (Wildman–Crippen LogP) is 4.49. The van der Waals surface area contributed by atoms with Gasteiger partial charge in [0.15, 0.2) is 4.77 Å². The summed E-state index contributed by atoms with van der Waals surface area (Å²) in [5, 5.41) is 0. The van der Waals surface area contributed by atoms with E-state index >= 15 is 0 Å². The Kier molecular flexibility index (Phi) is 2.67. The topological polar surface area (TPSA) is 20.7 Å². The number of aromatic nitrogens is 2. The van der Waals surface area contributed by atoms with Crippen LogP contribution in [0.15, 0.2) is 28.8 Å². The molecule has 0 unspecified atom stereocenters. The zero-order valence-electron chi connectivity index (χ0n) is 8.91. The fraction of sp³-hybridized carbons (Fsp3) is 0.250. The van der Waals surface area contributed by atoms with Gasteiger partial charge in [0.2, 0.25) is 0 Å². The molecule has 0 saturated heterocycles. The van der Waals surface area contributed by atoms with Gasteiger partial charge in [-0.3, -0.25) is 0 Å². The highest BCUT2D eigenvalue weighted by molar-refractivity contribution is 9.10. The van der Waals surface area contributed by atoms with Crippen LogP contribution in [-0.2, 0) is 0 Å². The van der Waals surface area contributed by atoms with Gasteiger partial charge in [-0.2, -0.15) is 0 Å². The first-order valence-corrected chi connectivity index (χ1v) is 6.61. The van der Waals surface area contributed by atoms with Crippen molar-refractivity contribution in [2.24, 2.45) is 0 Å². The Morgan fingerprint density at radius 3 is 2.76 bits per heavy atom. The molecule has 2 aromatic rings. The van der Waals surface area contributed by atoms with Gasteiger partial charge < -0.3 is 9.55 Å². The van der Waals surface area contributed by atoms with Gasteiger partial charge in [0.05, 0.1) is 15.5 Å². The summed E-state index contributed by atoms with van der Waals surface area (Å²) in [6, 6.07) is 3.58. The van der Waals surface area contributed by atoms with Crippen molar-refractivity contribution in [3.05, 3.63) is 39.3 Å². The molecule has 1 N–H and O–H groups in total. The van der Waals surface area contributed by atoms with Gasteiger partial charge in [-0.05, 0) is 47.1 Å². The molecule has 17 heavy (non-hydrogen) atoms. The van der Waals surface area contributed by atoms with Gasteiger partial charge in [0, 0.05) is 12.1 Å². The summed E-state index contributed by atoms with van der Waals surface area (Å²) in [6.45, 7) is 0. The summed E-state index contributed by atoms with van der Waals surface area (Å²) < 4.78 is 16.7. The molecule has 0 aliphatic heterocycles. The highest BCUT2D eigenvalue weighted by Crippen LogP contribution is 2.30. The summed E-state index contributed by atoms with van der Waals surface area (Å²) >= 11 is 8.50. The molecule has 1 aliphatic carbocycles. The van der Waals surface area contributed by atoms with Crippen molar-refractivity contribution in [3.8, 4) is 0 Å². The number of hydrogen-bond acceptors (Lipinski definition) is 1. The van der Waals surface area contributed by atoms with Crippen LogP contribution in [0.1, 0.15) is 18.9 Å². The maximum Gasteiger partial charge on any atom is 0.178 e. The van der Waals surface area contributed by atoms with Crippen LogP contribution < -0.4 is 0 Å². The Bertz CT molecular complexity index is 663. The minimum atomic E-state index is -0.258. The molecular weight excluding hydrogens is 303 g/mol. The van der Waals surface area contributed by atoms with E-state index < -0.39 is 0 Å². The maximum atomic E-state index is 13.6. The quantitative estimate of drug-likeness (QED) is 0.607. The summed E-state index contributed by atoms with van der Waals surface area (Å²) in [5.74, 6) is -0.258. The van der Waals surface area contributed by atoms with Crippen LogP contribution in [-0.4, -0.2) is 9.55 Å². The van der Waals surface area contributed by atoms with E-state index in [0.717, 1.165) is 23.9 Å². The molecule has 0 saturated carbocycles. The minimum Gasteiger partial charge on any atom is -0.331 e. The molecule has 0 atom stereocenters. The van der Waals surface area contributed by atoms with Gasteiger partial charge in [-0.1, -0.05) is 12.2 Å². The van der Waals surface area contributed by atoms with Crippen LogP contribution >= 0.6 is 28.1 Å². The minimum absolute atomic E-state index is 0.258. The molecule has 3 rings (SSSR count). The third-order valence-electron chi connectivity index (χ3n) is 3.11. The lowest BCUT2D eigenvalue weighted by molar-refractivity contribution is 0.542. The number of nitrogens with zero attached hydrogens (tertiary/aromatic N) is 1. The van der Waals surface area contributed by atoms with E-state index in [1.54, 1.807) is 6.07 Å². The molecule has 0 fully saturated rings. The first kappa shape index (κ1) is 11.2. The highest BCUT2D eigenvalue weighted by Gasteiger charge is 2.17. The van der Waals surface area contributed by atoms with E-state index in [0.29, 0.717) is 15.3 Å². The molecule has 0 radical (unpaired) electrons. The molecule has 1 aliphatic rings. The van der Waals surface area contributed by atoms with E-state index in [-0.39, 0.29) is 5.82 Å². The Morgan fingerprint density at radius 2 is 2.06 bits per heavy atom. The first-order valence-electron chi connectivity index (χ1n) is 5.41. The van der Waals surface area contributed by atoms with Crippen molar-refractivity contribution in [2.45, 2.75) is 18.9 Å². The zero-order valence-corrected chi connectivity index (χ0v) is 11.3. The Hall–Kier alpha value is -0.940. The van der Waals surface area contributed by atoms with E-state index in [2.05, 4.69) is 33.1 Å². The van der Waals surface area contributed by atoms with Crippen LogP contribution in [0.5, 0.6) is 0 Å². The molecule has 88 valence electrons. The monoisotopic (exact) mass is 312 g/mol. The van der Waals surface area contributed by atoms with Crippen molar-refractivity contribution < 1.29 is 4.39 Å². The van der Waals surface area contributed by atoms with E-state index in [1.807, 2.05) is 4.57 Å². The predicted molar refractivity (Wildman–Crippen MR) is 72.2 cm³/mol. The summed E-state index contributed by atoms with van der Waals surface area (Å²) in [5.41, 5.74) is 1.71. The number of imidazole rings is 1. The summed E-state index contributed by atoms with van der Waals surface area (Å²) in [4.78, 5) is 3.13. The van der Waals surface area contributed by atoms with Crippen molar-refractivity contribution in [1.29, 1.82) is 0 Å². The second-order valence-corrected chi connectivity index (χ2v) is 5.42. The number of fused-ring (bicyclic) bond motifs is 1. The van der Waals surface area contributed by atoms with E-state index in [1.165, 1.54) is 6.07 Å². The summed E-state index contributed by atoms with van der Waals surface area (Å²) in [7, 11) is 0. The average molecular weight is 313 g/mol. The standard InChI is InChI=1S/C12H10BrFN2S/c13-8-5-10-11(6-9(8)14)16(12(17)15-10)7-3-1-2-4-7/h1-2,5-7H,3-4H2,(H,15,17). The number of allylic oxidation sites excluding steroid dienone is 2. The molecule has 0 amide bonds. The zero-order chi connectivity index (χ0) is 12.0. The molecule has 1 aromatic heterocycles. The van der Waals surface area contributed by atoms with Gasteiger partial charge in [0.25, 0.3) is 0 Å². The number of nitrogens with one attached hydrogen (secondary N) is 1. The van der Waals surface area contributed by atoms with Crippen LogP contribution in [0.25, 0.3) is 11.0 Å².